The lowest BCUT2D eigenvalue weighted by atomic mass is 10.1. The Labute approximate surface area is 146 Å². The molecular weight excluding hydrogens is 321 g/mol. The molecule has 2 heterocycles. The number of aryl methyl sites for hydroxylation is 1. The fourth-order valence-electron chi connectivity index (χ4n) is 2.86. The summed E-state index contributed by atoms with van der Waals surface area (Å²) in [7, 11) is 0. The number of rotatable bonds is 4. The van der Waals surface area contributed by atoms with E-state index in [1.807, 2.05) is 13.0 Å². The number of nitrogens with one attached hydrogen (secondary N) is 2. The molecule has 7 heteroatoms. The minimum atomic E-state index is -0.491. The molecule has 2 aromatic rings. The van der Waals surface area contributed by atoms with Crippen LogP contribution in [0.2, 0.25) is 0 Å². The number of carbonyl (C=O) groups is 1. The number of carbonyl (C=O) groups excluding carboxylic acids is 1. The van der Waals surface area contributed by atoms with Crippen LogP contribution in [0.25, 0.3) is 0 Å². The molecule has 6 nitrogen and oxygen atoms in total. The maximum Gasteiger partial charge on any atom is 0.319 e. The number of hydrogen-bond acceptors (Lipinski definition) is 4. The number of aromatic nitrogens is 2. The van der Waals surface area contributed by atoms with Crippen molar-refractivity contribution in [3.05, 3.63) is 47.7 Å². The van der Waals surface area contributed by atoms with E-state index >= 15 is 0 Å². The van der Waals surface area contributed by atoms with Gasteiger partial charge in [-0.1, -0.05) is 12.1 Å². The van der Waals surface area contributed by atoms with Gasteiger partial charge >= 0.3 is 6.03 Å². The average molecular weight is 343 g/mol. The standard InChI is InChI=1S/C18H22FN5O/c1-13-11-17(24-9-5-2-6-10-24)23-16(21-13)12-20-18(25)22-15-8-4-3-7-14(15)19/h3-4,7-8,11H,2,5-6,9-10,12H2,1H3,(H2,20,22,25). The van der Waals surface area contributed by atoms with Gasteiger partial charge in [-0.05, 0) is 38.3 Å². The zero-order valence-electron chi connectivity index (χ0n) is 14.3. The van der Waals surface area contributed by atoms with Crippen molar-refractivity contribution in [2.75, 3.05) is 23.3 Å². The Balaban J connectivity index is 1.61. The summed E-state index contributed by atoms with van der Waals surface area (Å²) >= 11 is 0. The smallest absolute Gasteiger partial charge is 0.319 e. The largest absolute Gasteiger partial charge is 0.357 e. The molecule has 0 bridgehead atoms. The molecule has 0 spiro atoms. The highest BCUT2D eigenvalue weighted by Crippen LogP contribution is 2.18. The Morgan fingerprint density at radius 1 is 1.20 bits per heavy atom. The number of halogens is 1. The van der Waals surface area contributed by atoms with E-state index in [4.69, 9.17) is 0 Å². The zero-order valence-corrected chi connectivity index (χ0v) is 14.3. The first-order valence-electron chi connectivity index (χ1n) is 8.51. The summed E-state index contributed by atoms with van der Waals surface area (Å²) in [5.74, 6) is 0.972. The number of urea groups is 1. The van der Waals surface area contributed by atoms with Crippen molar-refractivity contribution in [1.29, 1.82) is 0 Å². The molecule has 1 aromatic carbocycles. The van der Waals surface area contributed by atoms with Crippen molar-refractivity contribution in [1.82, 2.24) is 15.3 Å². The molecule has 1 fully saturated rings. The molecule has 132 valence electrons. The van der Waals surface area contributed by atoms with Crippen molar-refractivity contribution < 1.29 is 9.18 Å². The van der Waals surface area contributed by atoms with Gasteiger partial charge in [-0.25, -0.2) is 19.2 Å². The average Bonchev–Trinajstić information content (AvgIpc) is 2.62. The van der Waals surface area contributed by atoms with E-state index in [1.54, 1.807) is 12.1 Å². The van der Waals surface area contributed by atoms with E-state index in [9.17, 15) is 9.18 Å². The van der Waals surface area contributed by atoms with Gasteiger partial charge in [-0.2, -0.15) is 0 Å². The number of amides is 2. The predicted molar refractivity (Wildman–Crippen MR) is 95.1 cm³/mol. The lowest BCUT2D eigenvalue weighted by Gasteiger charge is -2.28. The first-order chi connectivity index (χ1) is 12.1. The lowest BCUT2D eigenvalue weighted by Crippen LogP contribution is -2.32. The van der Waals surface area contributed by atoms with E-state index in [0.717, 1.165) is 24.6 Å². The second-order valence-electron chi connectivity index (χ2n) is 6.12. The molecule has 2 N–H and O–H groups in total. The van der Waals surface area contributed by atoms with Crippen LogP contribution in [-0.4, -0.2) is 29.1 Å². The van der Waals surface area contributed by atoms with Crippen LogP contribution in [0.3, 0.4) is 0 Å². The Kier molecular flexibility index (Phi) is 5.42. The summed E-state index contributed by atoms with van der Waals surface area (Å²) in [5.41, 5.74) is 1.00. The minimum absolute atomic E-state index is 0.138. The monoisotopic (exact) mass is 343 g/mol. The zero-order chi connectivity index (χ0) is 17.6. The van der Waals surface area contributed by atoms with Crippen LogP contribution in [0.5, 0.6) is 0 Å². The third-order valence-electron chi connectivity index (χ3n) is 4.10. The molecule has 0 unspecified atom stereocenters. The molecule has 1 aromatic heterocycles. The van der Waals surface area contributed by atoms with Gasteiger partial charge in [0.05, 0.1) is 12.2 Å². The van der Waals surface area contributed by atoms with Crippen LogP contribution >= 0.6 is 0 Å². The van der Waals surface area contributed by atoms with Gasteiger partial charge in [-0.3, -0.25) is 0 Å². The summed E-state index contributed by atoms with van der Waals surface area (Å²) in [5, 5.41) is 5.15. The summed E-state index contributed by atoms with van der Waals surface area (Å²) in [6.07, 6.45) is 3.59. The second kappa shape index (κ2) is 7.92. The number of benzene rings is 1. The van der Waals surface area contributed by atoms with Crippen LogP contribution in [0.4, 0.5) is 20.7 Å². The van der Waals surface area contributed by atoms with Crippen molar-refractivity contribution >= 4 is 17.5 Å². The Bertz CT molecular complexity index is 746. The molecule has 1 saturated heterocycles. The van der Waals surface area contributed by atoms with Gasteiger partial charge < -0.3 is 15.5 Å². The van der Waals surface area contributed by atoms with Gasteiger partial charge in [0.25, 0.3) is 0 Å². The summed E-state index contributed by atoms with van der Waals surface area (Å²) in [6.45, 7) is 4.09. The van der Waals surface area contributed by atoms with Crippen LogP contribution in [0.15, 0.2) is 30.3 Å². The van der Waals surface area contributed by atoms with Gasteiger partial charge in [0.2, 0.25) is 0 Å². The number of hydrogen-bond donors (Lipinski definition) is 2. The molecule has 25 heavy (non-hydrogen) atoms. The van der Waals surface area contributed by atoms with Gasteiger partial charge in [0.1, 0.15) is 17.5 Å². The molecule has 3 rings (SSSR count). The van der Waals surface area contributed by atoms with Gasteiger partial charge in [0.15, 0.2) is 0 Å². The van der Waals surface area contributed by atoms with Crippen LogP contribution < -0.4 is 15.5 Å². The molecule has 2 amide bonds. The van der Waals surface area contributed by atoms with Crippen LogP contribution in [-0.2, 0) is 6.54 Å². The number of nitrogens with zero attached hydrogens (tertiary/aromatic N) is 3. The summed E-state index contributed by atoms with van der Waals surface area (Å²) in [6, 6.07) is 7.51. The fourth-order valence-corrected chi connectivity index (χ4v) is 2.86. The van der Waals surface area contributed by atoms with E-state index in [2.05, 4.69) is 25.5 Å². The van der Waals surface area contributed by atoms with Gasteiger partial charge in [-0.15, -0.1) is 0 Å². The first kappa shape index (κ1) is 17.1. The maximum absolute atomic E-state index is 13.6. The Hall–Kier alpha value is -2.70. The van der Waals surface area contributed by atoms with Gasteiger partial charge in [0, 0.05) is 24.8 Å². The molecule has 0 saturated carbocycles. The molecule has 0 radical (unpaired) electrons. The van der Waals surface area contributed by atoms with Crippen molar-refractivity contribution in [3.63, 3.8) is 0 Å². The fraction of sp³-hybridized carbons (Fsp3) is 0.389. The van der Waals surface area contributed by atoms with Crippen molar-refractivity contribution in [2.45, 2.75) is 32.7 Å². The molecule has 1 aliphatic heterocycles. The quantitative estimate of drug-likeness (QED) is 0.894. The highest BCUT2D eigenvalue weighted by molar-refractivity contribution is 5.89. The summed E-state index contributed by atoms with van der Waals surface area (Å²) in [4.78, 5) is 23.1. The van der Waals surface area contributed by atoms with Crippen LogP contribution in [0.1, 0.15) is 30.8 Å². The molecule has 0 atom stereocenters. The van der Waals surface area contributed by atoms with E-state index in [-0.39, 0.29) is 12.2 Å². The Morgan fingerprint density at radius 3 is 2.72 bits per heavy atom. The number of piperidine rings is 1. The molecule has 0 aliphatic carbocycles. The topological polar surface area (TPSA) is 70.2 Å². The highest BCUT2D eigenvalue weighted by Gasteiger charge is 2.14. The first-order valence-corrected chi connectivity index (χ1v) is 8.51. The van der Waals surface area contributed by atoms with E-state index in [1.165, 1.54) is 31.4 Å². The third-order valence-corrected chi connectivity index (χ3v) is 4.10. The molecular formula is C18H22FN5O. The third kappa shape index (κ3) is 4.65. The lowest BCUT2D eigenvalue weighted by molar-refractivity contribution is 0.251. The number of para-hydroxylation sites is 1. The van der Waals surface area contributed by atoms with Crippen molar-refractivity contribution in [2.24, 2.45) is 0 Å². The van der Waals surface area contributed by atoms with E-state index < -0.39 is 11.8 Å². The van der Waals surface area contributed by atoms with Crippen LogP contribution in [0, 0.1) is 12.7 Å². The highest BCUT2D eigenvalue weighted by atomic mass is 19.1. The predicted octanol–water partition coefficient (Wildman–Crippen LogP) is 3.24. The number of anilines is 2. The minimum Gasteiger partial charge on any atom is -0.357 e. The van der Waals surface area contributed by atoms with Crippen molar-refractivity contribution in [3.8, 4) is 0 Å². The maximum atomic E-state index is 13.6. The van der Waals surface area contributed by atoms with E-state index in [0.29, 0.717) is 5.82 Å². The SMILES string of the molecule is Cc1cc(N2CCCCC2)nc(CNC(=O)Nc2ccccc2F)n1. The molecule has 1 aliphatic rings. The summed E-state index contributed by atoms with van der Waals surface area (Å²) < 4.78 is 13.6. The Morgan fingerprint density at radius 2 is 1.96 bits per heavy atom. The normalized spacial score (nSPS) is 14.2. The second-order valence-corrected chi connectivity index (χ2v) is 6.12.